The van der Waals surface area contributed by atoms with E-state index in [2.05, 4.69) is 15.9 Å². The molecular formula is C11H14BrNO. The van der Waals surface area contributed by atoms with Gasteiger partial charge in [0.15, 0.2) is 0 Å². The summed E-state index contributed by atoms with van der Waals surface area (Å²) >= 11 is 3.41. The summed E-state index contributed by atoms with van der Waals surface area (Å²) in [6, 6.07) is 5.83. The summed E-state index contributed by atoms with van der Waals surface area (Å²) in [4.78, 5) is 12.9. The average Bonchev–Trinajstić information content (AvgIpc) is 2.11. The highest BCUT2D eigenvalue weighted by Gasteiger charge is 2.14. The van der Waals surface area contributed by atoms with Crippen molar-refractivity contribution >= 4 is 22.2 Å². The Bertz CT molecular complexity index is 336. The van der Waals surface area contributed by atoms with Crippen LogP contribution in [0.4, 0.5) is 0 Å². The number of aryl methyl sites for hydroxylation is 1. The summed E-state index contributed by atoms with van der Waals surface area (Å²) in [5, 5.41) is 0. The lowest BCUT2D eigenvalue weighted by Crippen LogP contribution is -2.21. The first-order chi connectivity index (χ1) is 6.56. The molecule has 3 heteroatoms. The molecule has 2 nitrogen and oxygen atoms in total. The number of hydrogen-bond acceptors (Lipinski definition) is 2. The molecule has 0 saturated carbocycles. The van der Waals surface area contributed by atoms with Gasteiger partial charge in [-0.25, -0.2) is 0 Å². The van der Waals surface area contributed by atoms with Crippen molar-refractivity contribution in [3.8, 4) is 0 Å². The molecule has 1 aromatic rings. The molecule has 0 spiro atoms. The lowest BCUT2D eigenvalue weighted by molar-refractivity contribution is -0.111. The second-order valence-corrected chi connectivity index (χ2v) is 4.46. The van der Waals surface area contributed by atoms with Gasteiger partial charge in [0, 0.05) is 4.47 Å². The summed E-state index contributed by atoms with van der Waals surface area (Å²) < 4.78 is 1.01. The standard InChI is InChI=1S/C11H14BrNO/c1-8-4-5-9(12)6-10(8)11(7-14)13(2)3/h4-7,11H,1-3H3. The molecule has 0 aromatic heterocycles. The van der Waals surface area contributed by atoms with E-state index in [9.17, 15) is 4.79 Å². The van der Waals surface area contributed by atoms with E-state index in [0.717, 1.165) is 21.9 Å². The SMILES string of the molecule is Cc1ccc(Br)cc1C(C=O)N(C)C. The Labute approximate surface area is 93.0 Å². The van der Waals surface area contributed by atoms with Gasteiger partial charge in [-0.05, 0) is 44.3 Å². The van der Waals surface area contributed by atoms with Crippen LogP contribution in [-0.2, 0) is 4.79 Å². The number of hydrogen-bond donors (Lipinski definition) is 0. The van der Waals surface area contributed by atoms with Gasteiger partial charge in [0.25, 0.3) is 0 Å². The molecule has 14 heavy (non-hydrogen) atoms. The zero-order valence-electron chi connectivity index (χ0n) is 8.62. The molecule has 1 unspecified atom stereocenters. The van der Waals surface area contributed by atoms with Gasteiger partial charge in [0.1, 0.15) is 6.29 Å². The van der Waals surface area contributed by atoms with E-state index in [-0.39, 0.29) is 6.04 Å². The molecule has 0 radical (unpaired) electrons. The molecule has 0 N–H and O–H groups in total. The number of carbonyl (C=O) groups is 1. The van der Waals surface area contributed by atoms with Gasteiger partial charge < -0.3 is 4.79 Å². The Morgan fingerprint density at radius 3 is 2.57 bits per heavy atom. The molecule has 76 valence electrons. The third-order valence-corrected chi connectivity index (χ3v) is 2.74. The van der Waals surface area contributed by atoms with Crippen molar-refractivity contribution in [3.05, 3.63) is 33.8 Å². The van der Waals surface area contributed by atoms with Crippen LogP contribution in [0.1, 0.15) is 17.2 Å². The van der Waals surface area contributed by atoms with Crippen molar-refractivity contribution in [2.75, 3.05) is 14.1 Å². The van der Waals surface area contributed by atoms with Crippen LogP contribution < -0.4 is 0 Å². The molecule has 0 bridgehead atoms. The Balaban J connectivity index is 3.15. The van der Waals surface area contributed by atoms with E-state index in [1.54, 1.807) is 0 Å². The molecule has 0 amide bonds. The van der Waals surface area contributed by atoms with E-state index in [1.165, 1.54) is 0 Å². The van der Waals surface area contributed by atoms with Gasteiger partial charge in [-0.3, -0.25) is 4.90 Å². The van der Waals surface area contributed by atoms with Crippen LogP contribution in [0.15, 0.2) is 22.7 Å². The van der Waals surface area contributed by atoms with Crippen molar-refractivity contribution in [3.63, 3.8) is 0 Å². The van der Waals surface area contributed by atoms with Crippen LogP contribution >= 0.6 is 15.9 Å². The number of likely N-dealkylation sites (N-methyl/N-ethyl adjacent to an activating group) is 1. The van der Waals surface area contributed by atoms with E-state index in [1.807, 2.05) is 44.1 Å². The fraction of sp³-hybridized carbons (Fsp3) is 0.364. The largest absolute Gasteiger partial charge is 0.301 e. The highest BCUT2D eigenvalue weighted by molar-refractivity contribution is 9.10. The van der Waals surface area contributed by atoms with Crippen molar-refractivity contribution in [2.45, 2.75) is 13.0 Å². The lowest BCUT2D eigenvalue weighted by atomic mass is 10.0. The monoisotopic (exact) mass is 255 g/mol. The number of rotatable bonds is 3. The summed E-state index contributed by atoms with van der Waals surface area (Å²) in [6.07, 6.45) is 0.967. The first kappa shape index (κ1) is 11.4. The summed E-state index contributed by atoms with van der Waals surface area (Å²) in [5.41, 5.74) is 2.19. The van der Waals surface area contributed by atoms with Gasteiger partial charge >= 0.3 is 0 Å². The van der Waals surface area contributed by atoms with Crippen LogP contribution in [0.5, 0.6) is 0 Å². The molecule has 0 heterocycles. The maximum Gasteiger partial charge on any atom is 0.141 e. The predicted molar refractivity (Wildman–Crippen MR) is 61.4 cm³/mol. The molecule has 0 aliphatic carbocycles. The van der Waals surface area contributed by atoms with Gasteiger partial charge in [-0.1, -0.05) is 22.0 Å². The number of aldehydes is 1. The maximum absolute atomic E-state index is 11.0. The second-order valence-electron chi connectivity index (χ2n) is 3.55. The fourth-order valence-electron chi connectivity index (χ4n) is 1.40. The van der Waals surface area contributed by atoms with Crippen molar-refractivity contribution < 1.29 is 4.79 Å². The van der Waals surface area contributed by atoms with Gasteiger partial charge in [0.05, 0.1) is 6.04 Å². The minimum atomic E-state index is -0.160. The molecular weight excluding hydrogens is 242 g/mol. The van der Waals surface area contributed by atoms with E-state index in [4.69, 9.17) is 0 Å². The minimum Gasteiger partial charge on any atom is -0.301 e. The Hall–Kier alpha value is -0.670. The first-order valence-corrected chi connectivity index (χ1v) is 5.23. The highest BCUT2D eigenvalue weighted by Crippen LogP contribution is 2.23. The van der Waals surface area contributed by atoms with Crippen LogP contribution in [0.3, 0.4) is 0 Å². The van der Waals surface area contributed by atoms with Gasteiger partial charge in [-0.15, -0.1) is 0 Å². The third-order valence-electron chi connectivity index (χ3n) is 2.25. The number of carbonyl (C=O) groups excluding carboxylic acids is 1. The topological polar surface area (TPSA) is 20.3 Å². The maximum atomic E-state index is 11.0. The van der Waals surface area contributed by atoms with Crippen molar-refractivity contribution in [1.29, 1.82) is 0 Å². The first-order valence-electron chi connectivity index (χ1n) is 4.44. The van der Waals surface area contributed by atoms with E-state index in [0.29, 0.717) is 0 Å². The van der Waals surface area contributed by atoms with Gasteiger partial charge in [0.2, 0.25) is 0 Å². The quantitative estimate of drug-likeness (QED) is 0.774. The normalized spacial score (nSPS) is 12.9. The minimum absolute atomic E-state index is 0.160. The Morgan fingerprint density at radius 2 is 2.07 bits per heavy atom. The summed E-state index contributed by atoms with van der Waals surface area (Å²) in [6.45, 7) is 2.02. The summed E-state index contributed by atoms with van der Waals surface area (Å²) in [5.74, 6) is 0. The highest BCUT2D eigenvalue weighted by atomic mass is 79.9. The van der Waals surface area contributed by atoms with Crippen molar-refractivity contribution in [1.82, 2.24) is 4.90 Å². The Kier molecular flexibility index (Phi) is 3.84. The number of benzene rings is 1. The van der Waals surface area contributed by atoms with Crippen LogP contribution in [-0.4, -0.2) is 25.3 Å². The molecule has 0 aliphatic rings. The zero-order chi connectivity index (χ0) is 10.7. The van der Waals surface area contributed by atoms with Crippen molar-refractivity contribution in [2.24, 2.45) is 0 Å². The fourth-order valence-corrected chi connectivity index (χ4v) is 1.78. The lowest BCUT2D eigenvalue weighted by Gasteiger charge is -2.20. The zero-order valence-corrected chi connectivity index (χ0v) is 10.2. The smallest absolute Gasteiger partial charge is 0.141 e. The molecule has 0 saturated heterocycles. The number of halogens is 1. The molecule has 0 fully saturated rings. The van der Waals surface area contributed by atoms with E-state index >= 15 is 0 Å². The second kappa shape index (κ2) is 4.71. The molecule has 0 aliphatic heterocycles. The Morgan fingerprint density at radius 1 is 1.43 bits per heavy atom. The number of nitrogens with zero attached hydrogens (tertiary/aromatic N) is 1. The van der Waals surface area contributed by atoms with Gasteiger partial charge in [-0.2, -0.15) is 0 Å². The molecule has 1 aromatic carbocycles. The third kappa shape index (κ3) is 2.42. The van der Waals surface area contributed by atoms with Crippen LogP contribution in [0.25, 0.3) is 0 Å². The molecule has 1 atom stereocenters. The predicted octanol–water partition coefficient (Wildman–Crippen LogP) is 2.56. The average molecular weight is 256 g/mol. The molecule has 1 rings (SSSR count). The van der Waals surface area contributed by atoms with Crippen LogP contribution in [0.2, 0.25) is 0 Å². The van der Waals surface area contributed by atoms with Crippen LogP contribution in [0, 0.1) is 6.92 Å². The van der Waals surface area contributed by atoms with E-state index < -0.39 is 0 Å². The summed E-state index contributed by atoms with van der Waals surface area (Å²) in [7, 11) is 3.80.